The van der Waals surface area contributed by atoms with E-state index in [1.807, 2.05) is 31.2 Å². The van der Waals surface area contributed by atoms with Gasteiger partial charge >= 0.3 is 5.82 Å². The fourth-order valence-electron chi connectivity index (χ4n) is 6.40. The Morgan fingerprint density at radius 3 is 1.32 bits per heavy atom. The van der Waals surface area contributed by atoms with Crippen molar-refractivity contribution in [3.05, 3.63) is 146 Å². The Morgan fingerprint density at radius 1 is 0.540 bits per heavy atom. The van der Waals surface area contributed by atoms with Crippen molar-refractivity contribution in [2.45, 2.75) is 86.0 Å². The van der Waals surface area contributed by atoms with Gasteiger partial charge in [-0.05, 0) is 73.2 Å². The molecule has 0 saturated carbocycles. The van der Waals surface area contributed by atoms with Crippen molar-refractivity contribution in [1.82, 2.24) is 0 Å². The maximum Gasteiger partial charge on any atom is 0.526 e. The highest BCUT2D eigenvalue weighted by atomic mass is 16.5. The molecule has 0 unspecified atom stereocenters. The molecule has 0 heterocycles. The van der Waals surface area contributed by atoms with Crippen LogP contribution in [0.15, 0.2) is 91.0 Å². The molecule has 0 N–H and O–H groups in total. The van der Waals surface area contributed by atoms with E-state index in [2.05, 4.69) is 83.6 Å². The summed E-state index contributed by atoms with van der Waals surface area (Å²) in [7, 11) is 1.72. The Bertz CT molecular complexity index is 2510. The molecule has 10 heteroatoms. The van der Waals surface area contributed by atoms with Crippen molar-refractivity contribution in [3.8, 4) is 36.1 Å². The van der Waals surface area contributed by atoms with Crippen LogP contribution >= 0.6 is 0 Å². The van der Waals surface area contributed by atoms with E-state index in [9.17, 15) is 5.26 Å². The summed E-state index contributed by atoms with van der Waals surface area (Å²) in [5.74, 6) is 0.919. The number of hydrogen-bond donors (Lipinski definition) is 0. The Morgan fingerprint density at radius 2 is 0.952 bits per heavy atom. The van der Waals surface area contributed by atoms with Gasteiger partial charge in [0.05, 0.1) is 17.9 Å². The van der Waals surface area contributed by atoms with E-state index < -0.39 is 0 Å². The highest BCUT2D eigenvalue weighted by Crippen LogP contribution is 2.24. The van der Waals surface area contributed by atoms with E-state index in [-0.39, 0.29) is 17.0 Å². The van der Waals surface area contributed by atoms with E-state index in [1.54, 1.807) is 67.8 Å². The zero-order valence-corrected chi connectivity index (χ0v) is 37.6. The van der Waals surface area contributed by atoms with Gasteiger partial charge in [0, 0.05) is 54.1 Å². The van der Waals surface area contributed by atoms with E-state index in [0.717, 1.165) is 61.1 Å². The highest BCUT2D eigenvalue weighted by Gasteiger charge is 2.12. The summed E-state index contributed by atoms with van der Waals surface area (Å²) in [5, 5.41) is 47.5. The minimum Gasteiger partial charge on any atom is -0.497 e. The van der Waals surface area contributed by atoms with Gasteiger partial charge in [0.1, 0.15) is 60.4 Å². The number of ether oxygens (including phenoxy) is 1. The standard InChI is InChI=1S/C26H28N4.C15H25NO.C12H4N4/c1-4-6-14-30(15-7-5-2)24-12-13-25(20(3)16-24)26(19-29)22-10-8-21(9-11-22)23(17-27)18-28;1-4-6-11-16(12-7-5-2)14-9-8-10-15(13-14)17-3;1-15-12(16-2)10-5-3-9(4-6-10)11(7-13)8-14/h8-13,16H,4-7,14-15H2,1-3H3;8-10,13H,4-7,11-12H2,1-3H3;3-6H. The molecule has 4 aromatic rings. The molecule has 0 aliphatic carbocycles. The number of nitrogens with zero attached hydrogens (tertiary/aromatic N) is 9. The van der Waals surface area contributed by atoms with Crippen LogP contribution in [0.2, 0.25) is 0 Å². The predicted molar refractivity (Wildman–Crippen MR) is 254 cm³/mol. The Balaban J connectivity index is 0.000000352. The third-order valence-electron chi connectivity index (χ3n) is 10.1. The van der Waals surface area contributed by atoms with E-state index in [1.165, 1.54) is 49.9 Å². The van der Waals surface area contributed by atoms with Crippen molar-refractivity contribution >= 4 is 33.9 Å². The molecule has 0 atom stereocenters. The number of methoxy groups -OCH3 is 1. The third kappa shape index (κ3) is 16.3. The summed E-state index contributed by atoms with van der Waals surface area (Å²) >= 11 is 0. The van der Waals surface area contributed by atoms with Gasteiger partial charge in [0.25, 0.3) is 0 Å². The zero-order chi connectivity index (χ0) is 46.4. The minimum absolute atomic E-state index is 0.0127. The molecule has 10 nitrogen and oxygen atoms in total. The number of benzene rings is 4. The SMILES string of the molecule is CCCCN(CCCC)c1ccc(C(C#N)=c2ccc(=C(C#N)C#N)cc2)c(C)c1.CCCCN(CCCC)c1cccc(OC)c1.[C-]#[N+]C([N+]#[C-])=c1ccc(=C(C#N)C#N)cc1. The van der Waals surface area contributed by atoms with Gasteiger partial charge in [-0.1, -0.05) is 114 Å². The van der Waals surface area contributed by atoms with Crippen LogP contribution in [-0.4, -0.2) is 33.3 Å². The Labute approximate surface area is 374 Å². The summed E-state index contributed by atoms with van der Waals surface area (Å²) < 4.78 is 5.29. The number of unbranched alkanes of at least 4 members (excludes halogenated alkanes) is 4. The first-order valence-corrected chi connectivity index (χ1v) is 21.4. The van der Waals surface area contributed by atoms with Gasteiger partial charge in [0.2, 0.25) is 0 Å². The summed E-state index contributed by atoms with van der Waals surface area (Å²) in [6, 6.07) is 37.6. The fourth-order valence-corrected chi connectivity index (χ4v) is 6.40. The van der Waals surface area contributed by atoms with E-state index in [4.69, 9.17) is 38.9 Å². The monoisotopic (exact) mass is 835 g/mol. The highest BCUT2D eigenvalue weighted by molar-refractivity contribution is 5.79. The molecule has 0 bridgehead atoms. The minimum atomic E-state index is -0.0259. The number of anilines is 2. The normalized spacial score (nSPS) is 9.44. The molecular formula is C53H57N9O. The molecule has 0 amide bonds. The summed E-state index contributed by atoms with van der Waals surface area (Å²) in [4.78, 5) is 11.0. The van der Waals surface area contributed by atoms with Gasteiger partial charge in [-0.15, -0.1) is 0 Å². The molecule has 320 valence electrons. The molecule has 0 radical (unpaired) electrons. The van der Waals surface area contributed by atoms with Crippen molar-refractivity contribution in [2.24, 2.45) is 0 Å². The van der Waals surface area contributed by atoms with Gasteiger partial charge in [-0.2, -0.15) is 36.0 Å². The second-order valence-electron chi connectivity index (χ2n) is 14.5. The van der Waals surface area contributed by atoms with Crippen LogP contribution in [0, 0.1) is 76.7 Å². The largest absolute Gasteiger partial charge is 0.526 e. The van der Waals surface area contributed by atoms with Crippen LogP contribution in [0.1, 0.15) is 90.2 Å². The average molecular weight is 836 g/mol. The van der Waals surface area contributed by atoms with Crippen molar-refractivity contribution in [2.75, 3.05) is 43.1 Å². The van der Waals surface area contributed by atoms with Crippen LogP contribution in [-0.2, 0) is 0 Å². The first kappa shape index (κ1) is 51.3. The smallest absolute Gasteiger partial charge is 0.497 e. The Kier molecular flexibility index (Phi) is 24.0. The zero-order valence-electron chi connectivity index (χ0n) is 37.6. The summed E-state index contributed by atoms with van der Waals surface area (Å²) in [6.07, 6.45) is 9.65. The molecular weight excluding hydrogens is 779 g/mol. The molecule has 4 aromatic carbocycles. The lowest BCUT2D eigenvalue weighted by atomic mass is 9.98. The summed E-state index contributed by atoms with van der Waals surface area (Å²) in [5.41, 5.74) is 5.13. The number of rotatable bonds is 16. The average Bonchev–Trinajstić information content (AvgIpc) is 3.32. The number of nitriles is 5. The maximum absolute atomic E-state index is 9.83. The lowest BCUT2D eigenvalue weighted by Gasteiger charge is -2.25. The first-order valence-electron chi connectivity index (χ1n) is 21.4. The Hall–Kier alpha value is -7.81. The second kappa shape index (κ2) is 29.4. The van der Waals surface area contributed by atoms with Gasteiger partial charge in [-0.3, -0.25) is 0 Å². The van der Waals surface area contributed by atoms with Crippen LogP contribution in [0.5, 0.6) is 5.75 Å². The molecule has 0 aliphatic heterocycles. The molecule has 4 rings (SSSR count). The van der Waals surface area contributed by atoms with Crippen molar-refractivity contribution in [1.29, 1.82) is 26.3 Å². The molecule has 0 fully saturated rings. The fraction of sp³-hybridized carbons (Fsp3) is 0.340. The molecule has 0 aromatic heterocycles. The lowest BCUT2D eigenvalue weighted by molar-refractivity contribution is 0.414. The van der Waals surface area contributed by atoms with Gasteiger partial charge in [-0.25, -0.2) is 0 Å². The molecule has 0 spiro atoms. The topological polar surface area (TPSA) is 143 Å². The van der Waals surface area contributed by atoms with Crippen LogP contribution < -0.4 is 35.4 Å². The maximum atomic E-state index is 9.83. The quantitative estimate of drug-likeness (QED) is 0.102. The predicted octanol–water partition coefficient (Wildman–Crippen LogP) is 9.21. The molecule has 0 saturated heterocycles. The van der Waals surface area contributed by atoms with Crippen LogP contribution in [0.3, 0.4) is 0 Å². The molecule has 0 aliphatic rings. The summed E-state index contributed by atoms with van der Waals surface area (Å²) in [6.45, 7) is 28.9. The van der Waals surface area contributed by atoms with Crippen LogP contribution in [0.4, 0.5) is 11.4 Å². The molecule has 63 heavy (non-hydrogen) atoms. The van der Waals surface area contributed by atoms with Crippen molar-refractivity contribution < 1.29 is 4.74 Å². The van der Waals surface area contributed by atoms with E-state index in [0.29, 0.717) is 21.2 Å². The third-order valence-corrected chi connectivity index (χ3v) is 10.1. The van der Waals surface area contributed by atoms with Crippen LogP contribution in [0.25, 0.3) is 32.2 Å². The number of aryl methyl sites for hydroxylation is 1. The van der Waals surface area contributed by atoms with Crippen molar-refractivity contribution in [3.63, 3.8) is 0 Å². The van der Waals surface area contributed by atoms with Gasteiger partial charge in [0.15, 0.2) is 0 Å². The van der Waals surface area contributed by atoms with Gasteiger partial charge < -0.3 is 14.5 Å². The lowest BCUT2D eigenvalue weighted by Crippen LogP contribution is -2.25. The number of hydrogen-bond acceptors (Lipinski definition) is 8. The van der Waals surface area contributed by atoms with E-state index >= 15 is 0 Å². The second-order valence-corrected chi connectivity index (χ2v) is 14.5. The first-order chi connectivity index (χ1) is 30.7.